The number of carbonyl (C=O) groups is 1. The second kappa shape index (κ2) is 9.87. The van der Waals surface area contributed by atoms with Crippen molar-refractivity contribution in [3.63, 3.8) is 0 Å². The SMILES string of the molecule is [C-]#[N+]c1c(C(F)F)ncc(OC(=O)Cc2cnc(-n3nccn3)c(C(F)(F)F)c2)c1C(C)OC. The minimum atomic E-state index is -4.82. The van der Waals surface area contributed by atoms with Crippen molar-refractivity contribution in [1.29, 1.82) is 0 Å². The molecule has 0 saturated heterocycles. The van der Waals surface area contributed by atoms with Crippen LogP contribution in [0.5, 0.6) is 5.75 Å². The third-order valence-electron chi connectivity index (χ3n) is 4.57. The maximum atomic E-state index is 13.5. The van der Waals surface area contributed by atoms with Crippen molar-refractivity contribution >= 4 is 11.7 Å². The molecule has 0 saturated carbocycles. The molecule has 3 heterocycles. The van der Waals surface area contributed by atoms with E-state index in [1.54, 1.807) is 0 Å². The van der Waals surface area contributed by atoms with Gasteiger partial charge in [-0.3, -0.25) is 9.78 Å². The largest absolute Gasteiger partial charge is 0.426 e. The summed E-state index contributed by atoms with van der Waals surface area (Å²) in [6.45, 7) is 8.68. The Morgan fingerprint density at radius 2 is 1.88 bits per heavy atom. The van der Waals surface area contributed by atoms with E-state index in [9.17, 15) is 26.7 Å². The molecule has 0 aromatic carbocycles. The molecule has 3 aromatic rings. The molecule has 9 nitrogen and oxygen atoms in total. The number of esters is 1. The topological polar surface area (TPSA) is 96.4 Å². The van der Waals surface area contributed by atoms with Crippen LogP contribution in [0.2, 0.25) is 0 Å². The predicted molar refractivity (Wildman–Crippen MR) is 104 cm³/mol. The molecule has 178 valence electrons. The van der Waals surface area contributed by atoms with E-state index < -0.39 is 53.9 Å². The normalized spacial score (nSPS) is 12.4. The minimum Gasteiger partial charge on any atom is -0.426 e. The highest BCUT2D eigenvalue weighted by Gasteiger charge is 2.36. The number of pyridine rings is 2. The maximum absolute atomic E-state index is 13.5. The Balaban J connectivity index is 1.93. The van der Waals surface area contributed by atoms with Gasteiger partial charge in [0, 0.05) is 18.9 Å². The molecule has 3 rings (SSSR count). The van der Waals surface area contributed by atoms with Gasteiger partial charge in [0.15, 0.2) is 5.82 Å². The second-order valence-corrected chi connectivity index (χ2v) is 6.74. The first kappa shape index (κ1) is 24.6. The third-order valence-corrected chi connectivity index (χ3v) is 4.57. The van der Waals surface area contributed by atoms with E-state index in [-0.39, 0.29) is 16.9 Å². The van der Waals surface area contributed by atoms with Crippen LogP contribution in [-0.2, 0) is 22.1 Å². The number of ether oxygens (including phenoxy) is 2. The summed E-state index contributed by atoms with van der Waals surface area (Å²) in [5.74, 6) is -1.94. The fourth-order valence-electron chi connectivity index (χ4n) is 3.00. The molecule has 0 aliphatic heterocycles. The highest BCUT2D eigenvalue weighted by molar-refractivity contribution is 5.77. The average molecular weight is 482 g/mol. The maximum Gasteiger partial charge on any atom is 0.420 e. The summed E-state index contributed by atoms with van der Waals surface area (Å²) in [5.41, 5.74) is -2.80. The molecule has 0 bridgehead atoms. The first-order valence-electron chi connectivity index (χ1n) is 9.41. The van der Waals surface area contributed by atoms with E-state index in [1.807, 2.05) is 0 Å². The van der Waals surface area contributed by atoms with Gasteiger partial charge in [-0.1, -0.05) is 0 Å². The molecule has 0 N–H and O–H groups in total. The lowest BCUT2D eigenvalue weighted by atomic mass is 10.1. The van der Waals surface area contributed by atoms with Crippen molar-refractivity contribution in [3.8, 4) is 11.6 Å². The molecule has 3 aromatic heterocycles. The van der Waals surface area contributed by atoms with E-state index in [2.05, 4.69) is 25.0 Å². The highest BCUT2D eigenvalue weighted by atomic mass is 19.4. The van der Waals surface area contributed by atoms with Gasteiger partial charge in [0.05, 0.1) is 37.7 Å². The molecule has 14 heteroatoms. The summed E-state index contributed by atoms with van der Waals surface area (Å²) >= 11 is 0. The zero-order valence-corrected chi connectivity index (χ0v) is 17.5. The van der Waals surface area contributed by atoms with E-state index >= 15 is 0 Å². The number of alkyl halides is 5. The zero-order valence-electron chi connectivity index (χ0n) is 17.5. The first-order valence-corrected chi connectivity index (χ1v) is 9.41. The quantitative estimate of drug-likeness (QED) is 0.279. The van der Waals surface area contributed by atoms with Crippen LogP contribution in [-0.4, -0.2) is 38.0 Å². The first-order chi connectivity index (χ1) is 16.1. The van der Waals surface area contributed by atoms with Crippen molar-refractivity contribution in [1.82, 2.24) is 25.0 Å². The lowest BCUT2D eigenvalue weighted by Gasteiger charge is -2.18. The van der Waals surface area contributed by atoms with Crippen LogP contribution >= 0.6 is 0 Å². The second-order valence-electron chi connectivity index (χ2n) is 6.74. The predicted octanol–water partition coefficient (Wildman–Crippen LogP) is 4.42. The van der Waals surface area contributed by atoms with Gasteiger partial charge in [0.1, 0.15) is 17.0 Å². The zero-order chi connectivity index (χ0) is 25.0. The van der Waals surface area contributed by atoms with Crippen LogP contribution in [0.1, 0.15) is 41.8 Å². The molecule has 0 aliphatic rings. The molecule has 0 spiro atoms. The van der Waals surface area contributed by atoms with Gasteiger partial charge in [-0.05, 0) is 18.6 Å². The van der Waals surface area contributed by atoms with E-state index in [1.165, 1.54) is 26.4 Å². The van der Waals surface area contributed by atoms with Crippen LogP contribution < -0.4 is 4.74 Å². The standard InChI is InChI=1S/C20H15F5N6O3/c1-10(33-3)15-13(9-27-17(18(21)22)16(15)26-2)34-14(32)7-11-6-12(20(23,24)25)19(28-8-11)31-29-4-5-30-31/h4-6,8-10,18H,7H2,1,3H3. The number of hydrogen-bond acceptors (Lipinski definition) is 7. The van der Waals surface area contributed by atoms with Crippen molar-refractivity contribution < 1.29 is 36.2 Å². The molecule has 1 unspecified atom stereocenters. The molecule has 0 amide bonds. The van der Waals surface area contributed by atoms with Crippen molar-refractivity contribution in [2.75, 3.05) is 7.11 Å². The summed E-state index contributed by atoms with van der Waals surface area (Å²) in [7, 11) is 1.26. The summed E-state index contributed by atoms with van der Waals surface area (Å²) in [6, 6.07) is 0.703. The van der Waals surface area contributed by atoms with Crippen molar-refractivity contribution in [3.05, 3.63) is 64.7 Å². The Labute approximate surface area is 189 Å². The Kier molecular flexibility index (Phi) is 7.16. The van der Waals surface area contributed by atoms with Crippen LogP contribution in [0.4, 0.5) is 27.6 Å². The van der Waals surface area contributed by atoms with Gasteiger partial charge in [0.2, 0.25) is 5.69 Å². The van der Waals surface area contributed by atoms with Gasteiger partial charge >= 0.3 is 12.1 Å². The van der Waals surface area contributed by atoms with Crippen LogP contribution in [0.25, 0.3) is 10.7 Å². The number of aromatic nitrogens is 5. The van der Waals surface area contributed by atoms with E-state index in [4.69, 9.17) is 16.0 Å². The third kappa shape index (κ3) is 5.15. The monoisotopic (exact) mass is 482 g/mol. The molecule has 0 aliphatic carbocycles. The number of halogens is 5. The van der Waals surface area contributed by atoms with Gasteiger partial charge < -0.3 is 9.47 Å². The molecular weight excluding hydrogens is 467 g/mol. The van der Waals surface area contributed by atoms with Crippen molar-refractivity contribution in [2.24, 2.45) is 0 Å². The Morgan fingerprint density at radius 1 is 1.21 bits per heavy atom. The van der Waals surface area contributed by atoms with Crippen LogP contribution in [0.3, 0.4) is 0 Å². The number of hydrogen-bond donors (Lipinski definition) is 0. The van der Waals surface area contributed by atoms with Crippen molar-refractivity contribution in [2.45, 2.75) is 32.1 Å². The number of rotatable bonds is 7. The fourth-order valence-corrected chi connectivity index (χ4v) is 3.00. The van der Waals surface area contributed by atoms with Gasteiger partial charge in [-0.25, -0.2) is 18.6 Å². The molecule has 0 radical (unpaired) electrons. The van der Waals surface area contributed by atoms with Crippen LogP contribution in [0.15, 0.2) is 30.9 Å². The number of methoxy groups -OCH3 is 1. The molecule has 34 heavy (non-hydrogen) atoms. The summed E-state index contributed by atoms with van der Waals surface area (Å²) in [6.07, 6.45) is -5.24. The van der Waals surface area contributed by atoms with E-state index in [0.717, 1.165) is 12.4 Å². The molecule has 0 fully saturated rings. The molecule has 1 atom stereocenters. The fraction of sp³-hybridized carbons (Fsp3) is 0.300. The average Bonchev–Trinajstić information content (AvgIpc) is 3.32. The lowest BCUT2D eigenvalue weighted by molar-refractivity contribution is -0.138. The van der Waals surface area contributed by atoms with Gasteiger partial charge in [-0.15, -0.1) is 4.80 Å². The van der Waals surface area contributed by atoms with E-state index in [0.29, 0.717) is 10.9 Å². The minimum absolute atomic E-state index is 0.134. The Bertz CT molecular complexity index is 1220. The Morgan fingerprint density at radius 3 is 2.44 bits per heavy atom. The summed E-state index contributed by atoms with van der Waals surface area (Å²) in [4.78, 5) is 23.5. The number of nitrogens with zero attached hydrogens (tertiary/aromatic N) is 6. The highest BCUT2D eigenvalue weighted by Crippen LogP contribution is 2.41. The van der Waals surface area contributed by atoms with Crippen LogP contribution in [0, 0.1) is 6.57 Å². The van der Waals surface area contributed by atoms with Gasteiger partial charge in [-0.2, -0.15) is 23.4 Å². The summed E-state index contributed by atoms with van der Waals surface area (Å²) in [5, 5.41) is 7.26. The summed E-state index contributed by atoms with van der Waals surface area (Å²) < 4.78 is 77.4. The Hall–Kier alpha value is -3.99. The van der Waals surface area contributed by atoms with Gasteiger partial charge in [0.25, 0.3) is 6.43 Å². The molecular formula is C20H15F5N6O3. The lowest BCUT2D eigenvalue weighted by Crippen LogP contribution is -2.18. The number of carbonyl (C=O) groups excluding carboxylic acids is 1. The smallest absolute Gasteiger partial charge is 0.420 e.